The van der Waals surface area contributed by atoms with Crippen LogP contribution < -0.4 is 10.2 Å². The minimum Gasteiger partial charge on any atom is -0.394 e. The van der Waals surface area contributed by atoms with Crippen LogP contribution in [0.15, 0.2) is 6.07 Å². The highest BCUT2D eigenvalue weighted by Gasteiger charge is 2.32. The lowest BCUT2D eigenvalue weighted by molar-refractivity contribution is 0.162. The molecule has 1 saturated carbocycles. The molecule has 0 radical (unpaired) electrons. The smallest absolute Gasteiger partial charge is 0.225 e. The van der Waals surface area contributed by atoms with Crippen LogP contribution in [0.3, 0.4) is 0 Å². The molecule has 1 aromatic rings. The maximum Gasteiger partial charge on any atom is 0.225 e. The van der Waals surface area contributed by atoms with Gasteiger partial charge in [0.25, 0.3) is 0 Å². The lowest BCUT2D eigenvalue weighted by atomic mass is 9.99. The second kappa shape index (κ2) is 5.84. The van der Waals surface area contributed by atoms with E-state index in [1.54, 1.807) is 0 Å². The van der Waals surface area contributed by atoms with Crippen LogP contribution in [0.4, 0.5) is 5.95 Å². The van der Waals surface area contributed by atoms with Crippen LogP contribution >= 0.6 is 0 Å². The van der Waals surface area contributed by atoms with Gasteiger partial charge in [-0.1, -0.05) is 12.8 Å². The van der Waals surface area contributed by atoms with Gasteiger partial charge in [0.2, 0.25) is 5.95 Å². The van der Waals surface area contributed by atoms with Crippen molar-refractivity contribution < 1.29 is 5.11 Å². The van der Waals surface area contributed by atoms with Crippen molar-refractivity contribution in [1.29, 1.82) is 0 Å². The zero-order valence-electron chi connectivity index (χ0n) is 12.1. The van der Waals surface area contributed by atoms with Gasteiger partial charge in [-0.2, -0.15) is 0 Å². The number of hydrogen-bond acceptors (Lipinski definition) is 5. The molecule has 0 bridgehead atoms. The Balaban J connectivity index is 2.06. The summed E-state index contributed by atoms with van der Waals surface area (Å²) in [5.74, 6) is 0.737. The predicted molar refractivity (Wildman–Crippen MR) is 76.2 cm³/mol. The Morgan fingerprint density at radius 2 is 2.00 bits per heavy atom. The van der Waals surface area contributed by atoms with E-state index in [-0.39, 0.29) is 12.1 Å². The first kappa shape index (κ1) is 14.2. The van der Waals surface area contributed by atoms with Crippen LogP contribution in [0.1, 0.15) is 37.1 Å². The maximum atomic E-state index is 9.59. The summed E-state index contributed by atoms with van der Waals surface area (Å²) in [6, 6.07) is 2.00. The van der Waals surface area contributed by atoms with E-state index in [4.69, 9.17) is 0 Å². The van der Waals surface area contributed by atoms with E-state index < -0.39 is 0 Å². The molecule has 0 unspecified atom stereocenters. The fourth-order valence-electron chi connectivity index (χ4n) is 2.63. The molecule has 0 atom stereocenters. The number of nitrogens with zero attached hydrogens (tertiary/aromatic N) is 3. The molecule has 1 aliphatic carbocycles. The Labute approximate surface area is 115 Å². The first-order chi connectivity index (χ1) is 9.04. The molecule has 0 spiro atoms. The van der Waals surface area contributed by atoms with Crippen molar-refractivity contribution in [2.75, 3.05) is 25.6 Å². The maximum absolute atomic E-state index is 9.59. The van der Waals surface area contributed by atoms with Crippen molar-refractivity contribution in [1.82, 2.24) is 15.3 Å². The molecule has 1 fully saturated rings. The highest BCUT2D eigenvalue weighted by molar-refractivity contribution is 5.29. The fraction of sp³-hybridized carbons (Fsp3) is 0.714. The van der Waals surface area contributed by atoms with Crippen molar-refractivity contribution in [3.63, 3.8) is 0 Å². The third-order valence-electron chi connectivity index (χ3n) is 3.80. The monoisotopic (exact) mass is 264 g/mol. The Morgan fingerprint density at radius 1 is 1.32 bits per heavy atom. The summed E-state index contributed by atoms with van der Waals surface area (Å²) >= 11 is 0. The van der Waals surface area contributed by atoms with E-state index in [2.05, 4.69) is 15.3 Å². The quantitative estimate of drug-likeness (QED) is 0.838. The van der Waals surface area contributed by atoms with E-state index in [1.165, 1.54) is 12.8 Å². The van der Waals surface area contributed by atoms with Crippen LogP contribution in [0, 0.1) is 6.92 Å². The molecule has 1 aromatic heterocycles. The molecule has 5 nitrogen and oxygen atoms in total. The van der Waals surface area contributed by atoms with Gasteiger partial charge in [0.05, 0.1) is 12.3 Å². The van der Waals surface area contributed by atoms with Crippen LogP contribution in [0.5, 0.6) is 0 Å². The zero-order chi connectivity index (χ0) is 13.9. The van der Waals surface area contributed by atoms with Crippen molar-refractivity contribution in [3.05, 3.63) is 17.5 Å². The van der Waals surface area contributed by atoms with Gasteiger partial charge >= 0.3 is 0 Å². The average molecular weight is 264 g/mol. The summed E-state index contributed by atoms with van der Waals surface area (Å²) in [6.45, 7) is 2.87. The Kier molecular flexibility index (Phi) is 4.37. The molecule has 2 rings (SSSR count). The molecule has 0 saturated heterocycles. The second-order valence-corrected chi connectivity index (χ2v) is 5.69. The summed E-state index contributed by atoms with van der Waals surface area (Å²) in [4.78, 5) is 10.8. The van der Waals surface area contributed by atoms with Gasteiger partial charge in [0, 0.05) is 31.9 Å². The van der Waals surface area contributed by atoms with Gasteiger partial charge in [-0.25, -0.2) is 9.97 Å². The van der Waals surface area contributed by atoms with E-state index >= 15 is 0 Å². The fourth-order valence-corrected chi connectivity index (χ4v) is 2.63. The number of aromatic nitrogens is 2. The van der Waals surface area contributed by atoms with Crippen LogP contribution in [-0.4, -0.2) is 41.3 Å². The van der Waals surface area contributed by atoms with Gasteiger partial charge in [0.1, 0.15) is 0 Å². The topological polar surface area (TPSA) is 61.3 Å². The number of hydrogen-bond donors (Lipinski definition) is 2. The molecular weight excluding hydrogens is 240 g/mol. The number of aryl methyl sites for hydroxylation is 1. The van der Waals surface area contributed by atoms with E-state index in [0.29, 0.717) is 6.54 Å². The number of aliphatic hydroxyl groups is 1. The van der Waals surface area contributed by atoms with Gasteiger partial charge in [-0.05, 0) is 25.8 Å². The minimum absolute atomic E-state index is 0.100. The van der Waals surface area contributed by atoms with Crippen LogP contribution in [0.2, 0.25) is 0 Å². The summed E-state index contributed by atoms with van der Waals surface area (Å²) in [6.07, 6.45) is 4.49. The molecule has 1 aliphatic rings. The van der Waals surface area contributed by atoms with Crippen LogP contribution in [0.25, 0.3) is 0 Å². The van der Waals surface area contributed by atoms with E-state index in [9.17, 15) is 5.11 Å². The van der Waals surface area contributed by atoms with E-state index in [1.807, 2.05) is 32.0 Å². The largest absolute Gasteiger partial charge is 0.394 e. The molecule has 19 heavy (non-hydrogen) atoms. The molecule has 0 aromatic carbocycles. The third-order valence-corrected chi connectivity index (χ3v) is 3.80. The van der Waals surface area contributed by atoms with Gasteiger partial charge in [-0.15, -0.1) is 0 Å². The zero-order valence-corrected chi connectivity index (χ0v) is 12.1. The van der Waals surface area contributed by atoms with Crippen LogP contribution in [-0.2, 0) is 6.54 Å². The van der Waals surface area contributed by atoms with Gasteiger partial charge in [-0.3, -0.25) is 0 Å². The number of anilines is 1. The first-order valence-electron chi connectivity index (χ1n) is 6.92. The van der Waals surface area contributed by atoms with E-state index in [0.717, 1.165) is 30.2 Å². The van der Waals surface area contributed by atoms with Crippen molar-refractivity contribution in [3.8, 4) is 0 Å². The molecular formula is C14H24N4O. The van der Waals surface area contributed by atoms with Gasteiger partial charge < -0.3 is 15.3 Å². The predicted octanol–water partition coefficient (Wildman–Crippen LogP) is 1.25. The molecule has 5 heteroatoms. The van der Waals surface area contributed by atoms with Crippen molar-refractivity contribution >= 4 is 5.95 Å². The highest BCUT2D eigenvalue weighted by atomic mass is 16.3. The lowest BCUT2D eigenvalue weighted by Crippen LogP contribution is -2.45. The third kappa shape index (κ3) is 3.42. The lowest BCUT2D eigenvalue weighted by Gasteiger charge is -2.28. The first-order valence-corrected chi connectivity index (χ1v) is 6.92. The normalized spacial score (nSPS) is 17.7. The molecule has 1 heterocycles. The van der Waals surface area contributed by atoms with Gasteiger partial charge in [0.15, 0.2) is 0 Å². The number of nitrogens with one attached hydrogen (secondary N) is 1. The molecule has 106 valence electrons. The number of aliphatic hydroxyl groups excluding tert-OH is 1. The standard InChI is InChI=1S/C14H24N4O/c1-11-8-12(17-13(16-11)18(2)3)9-15-14(10-19)6-4-5-7-14/h8,15,19H,4-7,9-10H2,1-3H3. The van der Waals surface area contributed by atoms with Crippen molar-refractivity contribution in [2.24, 2.45) is 0 Å². The Bertz CT molecular complexity index is 427. The Morgan fingerprint density at radius 3 is 2.58 bits per heavy atom. The van der Waals surface area contributed by atoms with Crippen molar-refractivity contribution in [2.45, 2.75) is 44.7 Å². The highest BCUT2D eigenvalue weighted by Crippen LogP contribution is 2.29. The summed E-state index contributed by atoms with van der Waals surface area (Å²) < 4.78 is 0. The SMILES string of the molecule is Cc1cc(CNC2(CO)CCCC2)nc(N(C)C)n1. The average Bonchev–Trinajstić information content (AvgIpc) is 2.85. The molecule has 0 aliphatic heterocycles. The Hall–Kier alpha value is -1.20. The summed E-state index contributed by atoms with van der Waals surface area (Å²) in [5, 5.41) is 13.1. The number of rotatable bonds is 5. The second-order valence-electron chi connectivity index (χ2n) is 5.69. The minimum atomic E-state index is -0.100. The summed E-state index contributed by atoms with van der Waals surface area (Å²) in [5.41, 5.74) is 1.85. The molecule has 2 N–H and O–H groups in total. The summed E-state index contributed by atoms with van der Waals surface area (Å²) in [7, 11) is 3.89. The molecule has 0 amide bonds.